The third-order valence-electron chi connectivity index (χ3n) is 2.42. The zero-order valence-corrected chi connectivity index (χ0v) is 9.44. The molecule has 1 N–H and O–H groups in total. The normalized spacial score (nSPS) is 15.3. The largest absolute Gasteiger partial charge is 0.388 e. The molecular weight excluding hydrogens is 193 g/mol. The van der Waals surface area contributed by atoms with Crippen LogP contribution in [0.25, 0.3) is 0 Å². The Morgan fingerprint density at radius 2 is 1.93 bits per heavy atom. The van der Waals surface area contributed by atoms with Gasteiger partial charge in [-0.1, -0.05) is 25.1 Å². The first-order chi connectivity index (χ1) is 7.02. The fraction of sp³-hybridized carbons (Fsp3) is 0.500. The van der Waals surface area contributed by atoms with Gasteiger partial charge in [-0.25, -0.2) is 4.39 Å². The molecule has 0 spiro atoms. The monoisotopic (exact) mass is 211 g/mol. The van der Waals surface area contributed by atoms with Crippen molar-refractivity contribution in [3.05, 3.63) is 35.6 Å². The lowest BCUT2D eigenvalue weighted by molar-refractivity contribution is 0.0969. The summed E-state index contributed by atoms with van der Waals surface area (Å²) in [6.07, 6.45) is -0.742. The van der Waals surface area contributed by atoms with Crippen molar-refractivity contribution in [2.24, 2.45) is 5.92 Å². The van der Waals surface area contributed by atoms with Crippen molar-refractivity contribution in [2.45, 2.75) is 13.0 Å². The summed E-state index contributed by atoms with van der Waals surface area (Å²) in [5.41, 5.74) is 0.381. The topological polar surface area (TPSA) is 23.5 Å². The average Bonchev–Trinajstić information content (AvgIpc) is 2.16. The van der Waals surface area contributed by atoms with Crippen LogP contribution in [0.1, 0.15) is 18.6 Å². The first-order valence-electron chi connectivity index (χ1n) is 5.09. The quantitative estimate of drug-likeness (QED) is 0.824. The predicted octanol–water partition coefficient (Wildman–Crippen LogP) is 2.06. The Morgan fingerprint density at radius 1 is 1.33 bits per heavy atom. The van der Waals surface area contributed by atoms with E-state index in [4.69, 9.17) is 0 Å². The van der Waals surface area contributed by atoms with Gasteiger partial charge in [-0.05, 0) is 26.1 Å². The molecule has 84 valence electrons. The average molecular weight is 211 g/mol. The molecule has 2 unspecified atom stereocenters. The molecule has 0 saturated carbocycles. The minimum Gasteiger partial charge on any atom is -0.388 e. The summed E-state index contributed by atoms with van der Waals surface area (Å²) in [6.45, 7) is 2.65. The van der Waals surface area contributed by atoms with E-state index in [1.165, 1.54) is 6.07 Å². The van der Waals surface area contributed by atoms with Crippen LogP contribution in [0.2, 0.25) is 0 Å². The van der Waals surface area contributed by atoms with E-state index in [-0.39, 0.29) is 11.7 Å². The molecule has 2 atom stereocenters. The van der Waals surface area contributed by atoms with E-state index >= 15 is 0 Å². The molecule has 15 heavy (non-hydrogen) atoms. The number of benzene rings is 1. The lowest BCUT2D eigenvalue weighted by atomic mass is 9.97. The Hall–Kier alpha value is -0.930. The van der Waals surface area contributed by atoms with E-state index in [1.807, 2.05) is 25.9 Å². The van der Waals surface area contributed by atoms with Crippen molar-refractivity contribution in [1.29, 1.82) is 0 Å². The second-order valence-corrected chi connectivity index (χ2v) is 4.21. The van der Waals surface area contributed by atoms with E-state index < -0.39 is 6.10 Å². The minimum atomic E-state index is -0.742. The van der Waals surface area contributed by atoms with Gasteiger partial charge in [-0.2, -0.15) is 0 Å². The van der Waals surface area contributed by atoms with Crippen molar-refractivity contribution >= 4 is 0 Å². The summed E-state index contributed by atoms with van der Waals surface area (Å²) >= 11 is 0. The van der Waals surface area contributed by atoms with Crippen molar-refractivity contribution < 1.29 is 9.50 Å². The van der Waals surface area contributed by atoms with Crippen LogP contribution in [-0.2, 0) is 0 Å². The zero-order valence-electron chi connectivity index (χ0n) is 9.44. The molecule has 0 aromatic heterocycles. The van der Waals surface area contributed by atoms with Crippen LogP contribution in [-0.4, -0.2) is 30.6 Å². The van der Waals surface area contributed by atoms with Gasteiger partial charge in [0.1, 0.15) is 5.82 Å². The van der Waals surface area contributed by atoms with Gasteiger partial charge in [0.15, 0.2) is 0 Å². The highest BCUT2D eigenvalue weighted by atomic mass is 19.1. The van der Waals surface area contributed by atoms with Gasteiger partial charge in [-0.3, -0.25) is 0 Å². The Labute approximate surface area is 90.3 Å². The van der Waals surface area contributed by atoms with Crippen molar-refractivity contribution in [3.8, 4) is 0 Å². The molecule has 0 amide bonds. The summed E-state index contributed by atoms with van der Waals surface area (Å²) in [5.74, 6) is -0.326. The van der Waals surface area contributed by atoms with Gasteiger partial charge in [0.25, 0.3) is 0 Å². The SMILES string of the molecule is CC(CN(C)C)C(O)c1ccccc1F. The Kier molecular flexibility index (Phi) is 4.24. The zero-order chi connectivity index (χ0) is 11.4. The van der Waals surface area contributed by atoms with Gasteiger partial charge >= 0.3 is 0 Å². The Balaban J connectivity index is 2.76. The maximum Gasteiger partial charge on any atom is 0.129 e. The number of rotatable bonds is 4. The number of nitrogens with zero attached hydrogens (tertiary/aromatic N) is 1. The molecule has 2 nitrogen and oxygen atoms in total. The summed E-state index contributed by atoms with van der Waals surface area (Å²) in [6, 6.07) is 6.37. The standard InChI is InChI=1S/C12H18FNO/c1-9(8-14(2)3)12(15)10-6-4-5-7-11(10)13/h4-7,9,12,15H,8H2,1-3H3. The number of halogens is 1. The summed E-state index contributed by atoms with van der Waals surface area (Å²) < 4.78 is 13.4. The molecule has 0 aliphatic heterocycles. The molecule has 1 rings (SSSR count). The molecule has 0 heterocycles. The molecule has 0 radical (unpaired) electrons. The molecule has 0 saturated heterocycles. The van der Waals surface area contributed by atoms with Gasteiger partial charge in [0, 0.05) is 12.1 Å². The van der Waals surface area contributed by atoms with E-state index in [0.717, 1.165) is 6.54 Å². The fourth-order valence-corrected chi connectivity index (χ4v) is 1.70. The lowest BCUT2D eigenvalue weighted by Gasteiger charge is -2.22. The van der Waals surface area contributed by atoms with Crippen LogP contribution in [0, 0.1) is 11.7 Å². The van der Waals surface area contributed by atoms with Gasteiger partial charge < -0.3 is 10.0 Å². The number of hydrogen-bond donors (Lipinski definition) is 1. The summed E-state index contributed by atoms with van der Waals surface area (Å²) in [7, 11) is 3.87. The summed E-state index contributed by atoms with van der Waals surface area (Å²) in [5, 5.41) is 9.95. The highest BCUT2D eigenvalue weighted by molar-refractivity contribution is 5.20. The maximum atomic E-state index is 13.4. The third kappa shape index (κ3) is 3.29. The van der Waals surface area contributed by atoms with Crippen LogP contribution >= 0.6 is 0 Å². The minimum absolute atomic E-state index is 0.0110. The van der Waals surface area contributed by atoms with E-state index in [2.05, 4.69) is 0 Å². The summed E-state index contributed by atoms with van der Waals surface area (Å²) in [4.78, 5) is 1.98. The van der Waals surface area contributed by atoms with Crippen LogP contribution in [0.15, 0.2) is 24.3 Å². The second kappa shape index (κ2) is 5.24. The highest BCUT2D eigenvalue weighted by Crippen LogP contribution is 2.24. The van der Waals surface area contributed by atoms with E-state index in [9.17, 15) is 9.50 Å². The first kappa shape index (κ1) is 12.1. The van der Waals surface area contributed by atoms with Gasteiger partial charge in [0.05, 0.1) is 6.10 Å². The smallest absolute Gasteiger partial charge is 0.129 e. The molecule has 0 aliphatic carbocycles. The third-order valence-corrected chi connectivity index (χ3v) is 2.42. The number of aliphatic hydroxyl groups excluding tert-OH is 1. The van der Waals surface area contributed by atoms with Crippen molar-refractivity contribution in [1.82, 2.24) is 4.90 Å². The van der Waals surface area contributed by atoms with Crippen LogP contribution < -0.4 is 0 Å². The van der Waals surface area contributed by atoms with Gasteiger partial charge in [0.2, 0.25) is 0 Å². The Morgan fingerprint density at radius 3 is 2.47 bits per heavy atom. The molecule has 0 fully saturated rings. The molecule has 0 aliphatic rings. The van der Waals surface area contributed by atoms with Crippen LogP contribution in [0.3, 0.4) is 0 Å². The second-order valence-electron chi connectivity index (χ2n) is 4.21. The van der Waals surface area contributed by atoms with E-state index in [1.54, 1.807) is 18.2 Å². The molecule has 1 aromatic carbocycles. The predicted molar refractivity (Wildman–Crippen MR) is 59.1 cm³/mol. The van der Waals surface area contributed by atoms with E-state index in [0.29, 0.717) is 5.56 Å². The number of aliphatic hydroxyl groups is 1. The number of hydrogen-bond acceptors (Lipinski definition) is 2. The molecule has 1 aromatic rings. The maximum absolute atomic E-state index is 13.4. The van der Waals surface area contributed by atoms with Crippen LogP contribution in [0.4, 0.5) is 4.39 Å². The van der Waals surface area contributed by atoms with Crippen molar-refractivity contribution in [2.75, 3.05) is 20.6 Å². The highest BCUT2D eigenvalue weighted by Gasteiger charge is 2.19. The molecule has 0 bridgehead atoms. The lowest BCUT2D eigenvalue weighted by Crippen LogP contribution is -2.24. The Bertz CT molecular complexity index is 314. The molecule has 3 heteroatoms. The molecular formula is C12H18FNO. The van der Waals surface area contributed by atoms with Crippen molar-refractivity contribution in [3.63, 3.8) is 0 Å². The fourth-order valence-electron chi connectivity index (χ4n) is 1.70. The van der Waals surface area contributed by atoms with Crippen LogP contribution in [0.5, 0.6) is 0 Å². The van der Waals surface area contributed by atoms with Gasteiger partial charge in [-0.15, -0.1) is 0 Å². The first-order valence-corrected chi connectivity index (χ1v) is 5.09.